The lowest BCUT2D eigenvalue weighted by molar-refractivity contribution is -0.142. The first-order valence-corrected chi connectivity index (χ1v) is 12.4. The van der Waals surface area contributed by atoms with Crippen molar-refractivity contribution in [3.63, 3.8) is 0 Å². The van der Waals surface area contributed by atoms with Gasteiger partial charge in [0.25, 0.3) is 0 Å². The Labute approximate surface area is 221 Å². The molecule has 0 aromatic heterocycles. The molecule has 1 saturated heterocycles. The molecule has 204 valence electrons. The summed E-state index contributed by atoms with van der Waals surface area (Å²) in [7, 11) is 0. The van der Waals surface area contributed by atoms with Crippen LogP contribution in [0.3, 0.4) is 0 Å². The normalized spacial score (nSPS) is 15.3. The Bertz CT molecular complexity index is 1140. The van der Waals surface area contributed by atoms with Gasteiger partial charge in [0.15, 0.2) is 5.96 Å². The van der Waals surface area contributed by atoms with Gasteiger partial charge < -0.3 is 36.2 Å². The lowest BCUT2D eigenvalue weighted by Crippen LogP contribution is -2.57. The molecule has 2 atom stereocenters. The summed E-state index contributed by atoms with van der Waals surface area (Å²) in [6.07, 6.45) is 0.141. The Hall–Kier alpha value is -4.28. The van der Waals surface area contributed by atoms with Crippen LogP contribution in [0.25, 0.3) is 0 Å². The van der Waals surface area contributed by atoms with Crippen molar-refractivity contribution in [1.29, 1.82) is 5.41 Å². The molecule has 0 radical (unpaired) electrons. The fourth-order valence-corrected chi connectivity index (χ4v) is 4.72. The smallest absolute Gasteiger partial charge is 0.408 e. The quantitative estimate of drug-likeness (QED) is 0.213. The molecular weight excluding hydrogens is 490 g/mol. The van der Waals surface area contributed by atoms with E-state index in [-0.39, 0.29) is 30.7 Å². The maximum absolute atomic E-state index is 13.4. The number of likely N-dealkylation sites (tertiary alicyclic amines) is 1. The Morgan fingerprint density at radius 2 is 1.71 bits per heavy atom. The van der Waals surface area contributed by atoms with E-state index >= 15 is 0 Å². The van der Waals surface area contributed by atoms with Gasteiger partial charge in [-0.3, -0.25) is 10.2 Å². The highest BCUT2D eigenvalue weighted by Gasteiger charge is 2.35. The molecule has 2 unspecified atom stereocenters. The zero-order valence-electron chi connectivity index (χ0n) is 21.6. The number of hydrogen-bond acceptors (Lipinski definition) is 6. The summed E-state index contributed by atoms with van der Waals surface area (Å²) in [6.45, 7) is 4.40. The molecule has 1 aliphatic rings. The molecule has 1 aliphatic heterocycles. The van der Waals surface area contributed by atoms with E-state index in [0.29, 0.717) is 42.6 Å². The standard InChI is InChI=1S/C27H35N5O6/c1-16-12-20(33)13-17(2)21(16)14-22(25(35)36)30-24(34)23(19-8-10-32(11-9-19)26(28)29)31-27(37)38-15-18-6-4-3-5-7-18/h3-7,12-13,19,22-23,33H,8-11,14-15H2,1-2H3,(H3,28,29)(H,30,34)(H,31,37)(H,35,36). The molecule has 11 nitrogen and oxygen atoms in total. The third-order valence-electron chi connectivity index (χ3n) is 6.82. The number of nitrogens with zero attached hydrogens (tertiary/aromatic N) is 1. The number of carbonyl (C=O) groups excluding carboxylic acids is 2. The number of rotatable bonds is 9. The van der Waals surface area contributed by atoms with E-state index in [2.05, 4.69) is 10.6 Å². The van der Waals surface area contributed by atoms with Crippen LogP contribution in [0.4, 0.5) is 4.79 Å². The van der Waals surface area contributed by atoms with E-state index < -0.39 is 30.1 Å². The van der Waals surface area contributed by atoms with Crippen molar-refractivity contribution in [3.8, 4) is 5.75 Å². The predicted octanol–water partition coefficient (Wildman–Crippen LogP) is 2.02. The van der Waals surface area contributed by atoms with E-state index in [1.165, 1.54) is 0 Å². The SMILES string of the molecule is Cc1cc(O)cc(C)c1CC(NC(=O)C(NC(=O)OCc1ccccc1)C1CCN(C(=N)N)CC1)C(=O)O. The molecule has 2 aromatic carbocycles. The van der Waals surface area contributed by atoms with Crippen molar-refractivity contribution in [2.75, 3.05) is 13.1 Å². The van der Waals surface area contributed by atoms with Crippen molar-refractivity contribution >= 4 is 23.9 Å². The molecule has 3 rings (SSSR count). The average molecular weight is 526 g/mol. The molecule has 0 aliphatic carbocycles. The van der Waals surface area contributed by atoms with Crippen LogP contribution < -0.4 is 16.4 Å². The second-order valence-corrected chi connectivity index (χ2v) is 9.56. The number of aryl methyl sites for hydroxylation is 2. The molecule has 1 fully saturated rings. The third-order valence-corrected chi connectivity index (χ3v) is 6.82. The van der Waals surface area contributed by atoms with Gasteiger partial charge in [0, 0.05) is 19.5 Å². The van der Waals surface area contributed by atoms with Crippen LogP contribution in [-0.4, -0.2) is 64.2 Å². The minimum Gasteiger partial charge on any atom is -0.508 e. The number of aromatic hydroxyl groups is 1. The van der Waals surface area contributed by atoms with Crippen LogP contribution in [0.2, 0.25) is 0 Å². The van der Waals surface area contributed by atoms with Gasteiger partial charge in [0.1, 0.15) is 24.4 Å². The van der Waals surface area contributed by atoms with Crippen molar-refractivity contribution < 1.29 is 29.3 Å². The van der Waals surface area contributed by atoms with Gasteiger partial charge in [0.2, 0.25) is 5.91 Å². The van der Waals surface area contributed by atoms with Crippen molar-refractivity contribution in [1.82, 2.24) is 15.5 Å². The molecule has 0 bridgehead atoms. The summed E-state index contributed by atoms with van der Waals surface area (Å²) in [6, 6.07) is 9.87. The molecule has 0 saturated carbocycles. The number of amides is 2. The van der Waals surface area contributed by atoms with Crippen LogP contribution in [-0.2, 0) is 27.4 Å². The number of carboxylic acid groups (broad SMARTS) is 1. The number of piperidine rings is 1. The minimum absolute atomic E-state index is 0.00692. The van der Waals surface area contributed by atoms with Gasteiger partial charge in [-0.2, -0.15) is 0 Å². The highest BCUT2D eigenvalue weighted by atomic mass is 16.5. The van der Waals surface area contributed by atoms with Crippen molar-refractivity contribution in [2.24, 2.45) is 11.7 Å². The van der Waals surface area contributed by atoms with Crippen LogP contribution in [0.15, 0.2) is 42.5 Å². The maximum Gasteiger partial charge on any atom is 0.408 e. The first-order valence-electron chi connectivity index (χ1n) is 12.4. The zero-order valence-corrected chi connectivity index (χ0v) is 21.6. The molecule has 1 heterocycles. The second-order valence-electron chi connectivity index (χ2n) is 9.56. The van der Waals surface area contributed by atoms with Crippen LogP contribution >= 0.6 is 0 Å². The molecule has 11 heteroatoms. The van der Waals surface area contributed by atoms with Crippen LogP contribution in [0.1, 0.15) is 35.1 Å². The van der Waals surface area contributed by atoms with E-state index in [0.717, 1.165) is 5.56 Å². The number of benzene rings is 2. The number of ether oxygens (including phenoxy) is 1. The molecule has 7 N–H and O–H groups in total. The lowest BCUT2D eigenvalue weighted by atomic mass is 9.88. The topological polar surface area (TPSA) is 178 Å². The van der Waals surface area contributed by atoms with Crippen LogP contribution in [0, 0.1) is 25.2 Å². The Kier molecular flexibility index (Phi) is 9.53. The third kappa shape index (κ3) is 7.61. The summed E-state index contributed by atoms with van der Waals surface area (Å²) in [5, 5.41) is 32.6. The van der Waals surface area contributed by atoms with Crippen molar-refractivity contribution in [2.45, 2.75) is 51.8 Å². The number of carbonyl (C=O) groups is 3. The number of guanidine groups is 1. The number of carboxylic acids is 1. The van der Waals surface area contributed by atoms with Gasteiger partial charge in [-0.05, 0) is 67.0 Å². The van der Waals surface area contributed by atoms with E-state index in [1.807, 2.05) is 18.2 Å². The Morgan fingerprint density at radius 3 is 2.26 bits per heavy atom. The summed E-state index contributed by atoms with van der Waals surface area (Å²) in [5.41, 5.74) is 8.49. The molecule has 0 spiro atoms. The fourth-order valence-electron chi connectivity index (χ4n) is 4.72. The number of aliphatic carboxylic acids is 1. The number of hydrogen-bond donors (Lipinski definition) is 6. The number of phenols is 1. The van der Waals surface area contributed by atoms with E-state index in [4.69, 9.17) is 15.9 Å². The van der Waals surface area contributed by atoms with Crippen molar-refractivity contribution in [3.05, 3.63) is 64.7 Å². The first kappa shape index (κ1) is 28.3. The predicted molar refractivity (Wildman–Crippen MR) is 141 cm³/mol. The van der Waals surface area contributed by atoms with Crippen LogP contribution in [0.5, 0.6) is 5.75 Å². The molecule has 38 heavy (non-hydrogen) atoms. The summed E-state index contributed by atoms with van der Waals surface area (Å²) >= 11 is 0. The number of nitrogens with one attached hydrogen (secondary N) is 3. The zero-order chi connectivity index (χ0) is 27.8. The highest BCUT2D eigenvalue weighted by molar-refractivity contribution is 5.89. The number of alkyl carbamates (subject to hydrolysis) is 1. The fraction of sp³-hybridized carbons (Fsp3) is 0.407. The average Bonchev–Trinajstić information content (AvgIpc) is 2.87. The molecule has 2 aromatic rings. The summed E-state index contributed by atoms with van der Waals surface area (Å²) in [4.78, 5) is 39.9. The molecule has 2 amide bonds. The summed E-state index contributed by atoms with van der Waals surface area (Å²) < 4.78 is 5.32. The van der Waals surface area contributed by atoms with Gasteiger partial charge in [0.05, 0.1) is 0 Å². The monoisotopic (exact) mass is 525 g/mol. The van der Waals surface area contributed by atoms with Gasteiger partial charge >= 0.3 is 12.1 Å². The number of nitrogens with two attached hydrogens (primary N) is 1. The highest BCUT2D eigenvalue weighted by Crippen LogP contribution is 2.24. The van der Waals surface area contributed by atoms with E-state index in [1.54, 1.807) is 43.0 Å². The van der Waals surface area contributed by atoms with Gasteiger partial charge in [-0.1, -0.05) is 30.3 Å². The Morgan fingerprint density at radius 1 is 1.11 bits per heavy atom. The van der Waals surface area contributed by atoms with Gasteiger partial charge in [-0.25, -0.2) is 9.59 Å². The number of phenolic OH excluding ortho intramolecular Hbond substituents is 1. The van der Waals surface area contributed by atoms with Gasteiger partial charge in [-0.15, -0.1) is 0 Å². The minimum atomic E-state index is -1.26. The Balaban J connectivity index is 1.75. The summed E-state index contributed by atoms with van der Waals surface area (Å²) in [5.74, 6) is -2.16. The second kappa shape index (κ2) is 12.8. The largest absolute Gasteiger partial charge is 0.508 e. The maximum atomic E-state index is 13.4. The lowest BCUT2D eigenvalue weighted by Gasteiger charge is -2.36. The molecular formula is C27H35N5O6. The first-order chi connectivity index (χ1) is 18.0. The van der Waals surface area contributed by atoms with E-state index in [9.17, 15) is 24.6 Å².